The summed E-state index contributed by atoms with van der Waals surface area (Å²) < 4.78 is 0. The van der Waals surface area contributed by atoms with E-state index in [4.69, 9.17) is 0 Å². The molecule has 1 aliphatic carbocycles. The summed E-state index contributed by atoms with van der Waals surface area (Å²) in [5.41, 5.74) is 3.08. The number of hydrogen-bond acceptors (Lipinski definition) is 4. The maximum Gasteiger partial charge on any atom is 0.256 e. The molecule has 2 fully saturated rings. The van der Waals surface area contributed by atoms with Crippen molar-refractivity contribution >= 4 is 34.7 Å². The van der Waals surface area contributed by atoms with Crippen molar-refractivity contribution in [3.63, 3.8) is 0 Å². The summed E-state index contributed by atoms with van der Waals surface area (Å²) in [4.78, 5) is 42.5. The highest BCUT2D eigenvalue weighted by atomic mass is 32.1. The minimum Gasteiger partial charge on any atom is -0.338 e. The summed E-state index contributed by atoms with van der Waals surface area (Å²) in [7, 11) is 0. The highest BCUT2D eigenvalue weighted by Gasteiger charge is 2.41. The number of nitrogens with zero attached hydrogens (tertiary/aromatic N) is 2. The molecule has 1 saturated carbocycles. The fraction of sp³-hybridized carbons (Fsp3) is 0.409. The normalized spacial score (nSPS) is 22.1. The molecule has 3 aliphatic rings. The Hall–Kier alpha value is -2.67. The van der Waals surface area contributed by atoms with Gasteiger partial charge in [-0.1, -0.05) is 18.9 Å². The van der Waals surface area contributed by atoms with Crippen molar-refractivity contribution in [2.45, 2.75) is 31.7 Å². The van der Waals surface area contributed by atoms with E-state index in [1.54, 1.807) is 27.2 Å². The van der Waals surface area contributed by atoms with Gasteiger partial charge < -0.3 is 15.1 Å². The number of piperazine rings is 1. The molecular weight excluding hydrogens is 386 g/mol. The van der Waals surface area contributed by atoms with Gasteiger partial charge in [-0.2, -0.15) is 11.3 Å². The average Bonchev–Trinajstić information content (AvgIpc) is 3.45. The van der Waals surface area contributed by atoms with Crippen LogP contribution in [0.15, 0.2) is 35.0 Å². The predicted octanol–water partition coefficient (Wildman–Crippen LogP) is 3.21. The zero-order valence-electron chi connectivity index (χ0n) is 16.1. The Labute approximate surface area is 173 Å². The minimum atomic E-state index is -0.640. The highest BCUT2D eigenvalue weighted by molar-refractivity contribution is 7.08. The van der Waals surface area contributed by atoms with Crippen molar-refractivity contribution in [3.05, 3.63) is 40.6 Å². The monoisotopic (exact) mass is 409 g/mol. The van der Waals surface area contributed by atoms with Crippen LogP contribution < -0.4 is 5.32 Å². The number of thiophene rings is 1. The molecule has 3 heterocycles. The number of fused-ring (bicyclic) bond motifs is 2. The summed E-state index contributed by atoms with van der Waals surface area (Å²) >= 11 is 1.61. The van der Waals surface area contributed by atoms with Crippen LogP contribution in [0.1, 0.15) is 36.0 Å². The first-order chi connectivity index (χ1) is 14.1. The van der Waals surface area contributed by atoms with E-state index in [-0.39, 0.29) is 30.2 Å². The van der Waals surface area contributed by atoms with Crippen molar-refractivity contribution in [2.75, 3.05) is 25.0 Å². The lowest BCUT2D eigenvalue weighted by Gasteiger charge is -2.40. The number of benzene rings is 1. The second-order valence-corrected chi connectivity index (χ2v) is 8.82. The first kappa shape index (κ1) is 18.4. The van der Waals surface area contributed by atoms with E-state index in [1.165, 1.54) is 0 Å². The summed E-state index contributed by atoms with van der Waals surface area (Å²) in [5, 5.41) is 6.96. The molecule has 1 aromatic heterocycles. The Morgan fingerprint density at radius 1 is 1.07 bits per heavy atom. The topological polar surface area (TPSA) is 69.7 Å². The first-order valence-corrected chi connectivity index (χ1v) is 11.1. The summed E-state index contributed by atoms with van der Waals surface area (Å²) in [6.07, 6.45) is 4.07. The van der Waals surface area contributed by atoms with Gasteiger partial charge in [-0.25, -0.2) is 0 Å². The summed E-state index contributed by atoms with van der Waals surface area (Å²) in [6.45, 7) is 1.15. The van der Waals surface area contributed by atoms with Gasteiger partial charge in [0.1, 0.15) is 6.04 Å². The molecule has 1 saturated heterocycles. The van der Waals surface area contributed by atoms with Crippen LogP contribution in [0.4, 0.5) is 5.69 Å². The first-order valence-electron chi connectivity index (χ1n) is 10.2. The molecule has 2 aliphatic heterocycles. The molecule has 1 atom stereocenters. The third-order valence-electron chi connectivity index (χ3n) is 6.32. The van der Waals surface area contributed by atoms with Crippen LogP contribution in [0.25, 0.3) is 11.1 Å². The van der Waals surface area contributed by atoms with Crippen molar-refractivity contribution in [2.24, 2.45) is 5.92 Å². The molecule has 150 valence electrons. The molecule has 7 heteroatoms. The van der Waals surface area contributed by atoms with Crippen molar-refractivity contribution in [3.8, 4) is 11.1 Å². The Balaban J connectivity index is 1.42. The third kappa shape index (κ3) is 3.23. The van der Waals surface area contributed by atoms with Crippen LogP contribution in [0.5, 0.6) is 0 Å². The van der Waals surface area contributed by atoms with E-state index in [2.05, 4.69) is 5.32 Å². The van der Waals surface area contributed by atoms with E-state index in [0.29, 0.717) is 24.3 Å². The maximum absolute atomic E-state index is 13.3. The van der Waals surface area contributed by atoms with Crippen molar-refractivity contribution in [1.29, 1.82) is 0 Å². The fourth-order valence-corrected chi connectivity index (χ4v) is 5.36. The van der Waals surface area contributed by atoms with Crippen LogP contribution in [0, 0.1) is 5.92 Å². The van der Waals surface area contributed by atoms with Crippen molar-refractivity contribution in [1.82, 2.24) is 9.80 Å². The van der Waals surface area contributed by atoms with Gasteiger partial charge in [-0.05, 0) is 52.9 Å². The smallest absolute Gasteiger partial charge is 0.256 e. The quantitative estimate of drug-likeness (QED) is 0.828. The lowest BCUT2D eigenvalue weighted by Crippen LogP contribution is -2.60. The fourth-order valence-electron chi connectivity index (χ4n) is 4.69. The Kier molecular flexibility index (Phi) is 4.62. The standard InChI is InChI=1S/C22H23N3O3S/c26-20-19-12-24(21(27)14-3-1-2-4-14)8-9-25(19)22(28)17-11-15(5-6-18(17)23-20)16-7-10-29-13-16/h5-7,10-11,13-14,19H,1-4,8-9,12H2,(H,23,26)/t19-/m0/s1. The summed E-state index contributed by atoms with van der Waals surface area (Å²) in [6, 6.07) is 6.96. The molecule has 3 amide bonds. The molecule has 0 bridgehead atoms. The minimum absolute atomic E-state index is 0.0801. The van der Waals surface area contributed by atoms with Gasteiger partial charge in [-0.3, -0.25) is 14.4 Å². The van der Waals surface area contributed by atoms with Crippen LogP contribution in [0.3, 0.4) is 0 Å². The molecule has 29 heavy (non-hydrogen) atoms. The molecule has 0 radical (unpaired) electrons. The molecule has 0 spiro atoms. The number of carbonyl (C=O) groups is 3. The number of hydrogen-bond donors (Lipinski definition) is 1. The van der Waals surface area contributed by atoms with Gasteiger partial charge in [-0.15, -0.1) is 0 Å². The molecule has 0 unspecified atom stereocenters. The number of amides is 3. The average molecular weight is 410 g/mol. The molecule has 1 N–H and O–H groups in total. The predicted molar refractivity (Wildman–Crippen MR) is 112 cm³/mol. The second kappa shape index (κ2) is 7.30. The van der Waals surface area contributed by atoms with E-state index >= 15 is 0 Å². The Morgan fingerprint density at radius 2 is 1.90 bits per heavy atom. The molecule has 6 nitrogen and oxygen atoms in total. The lowest BCUT2D eigenvalue weighted by atomic mass is 10.0. The van der Waals surface area contributed by atoms with Gasteiger partial charge in [0.15, 0.2) is 0 Å². The molecular formula is C22H23N3O3S. The number of anilines is 1. The molecule has 1 aromatic carbocycles. The zero-order chi connectivity index (χ0) is 20.0. The van der Waals surface area contributed by atoms with Crippen LogP contribution >= 0.6 is 11.3 Å². The number of carbonyl (C=O) groups excluding carboxylic acids is 3. The van der Waals surface area contributed by atoms with Gasteiger partial charge in [0, 0.05) is 19.0 Å². The zero-order valence-corrected chi connectivity index (χ0v) is 16.9. The SMILES string of the molecule is O=C1Nc2ccc(-c3ccsc3)cc2C(=O)N2CCN(C(=O)C3CCCC3)C[C@@H]12. The number of rotatable bonds is 2. The molecule has 2 aromatic rings. The lowest BCUT2D eigenvalue weighted by molar-refractivity contribution is -0.139. The Morgan fingerprint density at radius 3 is 2.66 bits per heavy atom. The van der Waals surface area contributed by atoms with E-state index in [9.17, 15) is 14.4 Å². The number of nitrogens with one attached hydrogen (secondary N) is 1. The van der Waals surface area contributed by atoms with Gasteiger partial charge in [0.25, 0.3) is 5.91 Å². The van der Waals surface area contributed by atoms with Crippen molar-refractivity contribution < 1.29 is 14.4 Å². The van der Waals surface area contributed by atoms with E-state index in [0.717, 1.165) is 36.8 Å². The third-order valence-corrected chi connectivity index (χ3v) is 7.01. The maximum atomic E-state index is 13.3. The second-order valence-electron chi connectivity index (χ2n) is 8.04. The van der Waals surface area contributed by atoms with E-state index in [1.807, 2.05) is 29.0 Å². The molecule has 5 rings (SSSR count). The van der Waals surface area contributed by atoms with Crippen LogP contribution in [0.2, 0.25) is 0 Å². The highest BCUT2D eigenvalue weighted by Crippen LogP contribution is 2.32. The van der Waals surface area contributed by atoms with Crippen LogP contribution in [-0.4, -0.2) is 53.2 Å². The van der Waals surface area contributed by atoms with E-state index < -0.39 is 6.04 Å². The Bertz CT molecular complexity index is 966. The van der Waals surface area contributed by atoms with Gasteiger partial charge in [0.2, 0.25) is 11.8 Å². The van der Waals surface area contributed by atoms with Gasteiger partial charge >= 0.3 is 0 Å². The van der Waals surface area contributed by atoms with Crippen LogP contribution in [-0.2, 0) is 9.59 Å². The summed E-state index contributed by atoms with van der Waals surface area (Å²) in [5.74, 6) is -0.141. The van der Waals surface area contributed by atoms with Gasteiger partial charge in [0.05, 0.1) is 17.8 Å². The largest absolute Gasteiger partial charge is 0.338 e.